The highest BCUT2D eigenvalue weighted by atomic mass is 16.3. The fourth-order valence-electron chi connectivity index (χ4n) is 2.92. The number of aliphatic hydroxyl groups excluding tert-OH is 2. The fraction of sp³-hybridized carbons (Fsp3) is 0.240. The lowest BCUT2D eigenvalue weighted by atomic mass is 9.98. The van der Waals surface area contributed by atoms with Gasteiger partial charge in [-0.05, 0) is 53.3 Å². The van der Waals surface area contributed by atoms with E-state index in [9.17, 15) is 0 Å². The SMILES string of the molecule is C=O.CO.OCCCCNCc1ccc(-c2cccc(-c3ccccc3)c2)cc1. The molecule has 3 aromatic rings. The minimum absolute atomic E-state index is 0.276. The summed E-state index contributed by atoms with van der Waals surface area (Å²) in [5.74, 6) is 0. The number of unbranched alkanes of at least 4 members (excludes halogenated alkanes) is 1. The van der Waals surface area contributed by atoms with Gasteiger partial charge in [-0.25, -0.2) is 0 Å². The van der Waals surface area contributed by atoms with E-state index in [1.807, 2.05) is 12.9 Å². The minimum atomic E-state index is 0.276. The van der Waals surface area contributed by atoms with E-state index < -0.39 is 0 Å². The zero-order valence-corrected chi connectivity index (χ0v) is 17.1. The van der Waals surface area contributed by atoms with Gasteiger partial charge < -0.3 is 20.3 Å². The predicted molar refractivity (Wildman–Crippen MR) is 121 cm³/mol. The average Bonchev–Trinajstić information content (AvgIpc) is 2.83. The van der Waals surface area contributed by atoms with E-state index in [-0.39, 0.29) is 6.61 Å². The molecule has 0 spiro atoms. The Balaban J connectivity index is 0.000000989. The molecule has 3 aromatic carbocycles. The van der Waals surface area contributed by atoms with Gasteiger partial charge in [0, 0.05) is 20.3 Å². The molecule has 0 bridgehead atoms. The zero-order chi connectivity index (χ0) is 21.3. The van der Waals surface area contributed by atoms with Crippen LogP contribution in [-0.4, -0.2) is 37.3 Å². The molecule has 3 N–H and O–H groups in total. The van der Waals surface area contributed by atoms with E-state index in [0.29, 0.717) is 0 Å². The van der Waals surface area contributed by atoms with E-state index in [2.05, 4.69) is 78.1 Å². The summed E-state index contributed by atoms with van der Waals surface area (Å²) in [5, 5.41) is 19.2. The molecular formula is C25H31NO3. The van der Waals surface area contributed by atoms with Crippen molar-refractivity contribution in [2.75, 3.05) is 20.3 Å². The second-order valence-electron chi connectivity index (χ2n) is 6.25. The van der Waals surface area contributed by atoms with Crippen LogP contribution in [0.25, 0.3) is 22.3 Å². The van der Waals surface area contributed by atoms with Gasteiger partial charge in [0.2, 0.25) is 0 Å². The van der Waals surface area contributed by atoms with Gasteiger partial charge in [-0.1, -0.05) is 72.8 Å². The third-order valence-electron chi connectivity index (χ3n) is 4.35. The van der Waals surface area contributed by atoms with Gasteiger partial charge >= 0.3 is 0 Å². The molecule has 154 valence electrons. The molecule has 0 fully saturated rings. The van der Waals surface area contributed by atoms with Crippen molar-refractivity contribution in [3.8, 4) is 22.3 Å². The van der Waals surface area contributed by atoms with Crippen LogP contribution in [0, 0.1) is 0 Å². The Morgan fingerprint density at radius 3 is 1.86 bits per heavy atom. The lowest BCUT2D eigenvalue weighted by Gasteiger charge is -2.08. The van der Waals surface area contributed by atoms with E-state index in [0.717, 1.165) is 33.0 Å². The molecule has 0 aliphatic carbocycles. The average molecular weight is 394 g/mol. The topological polar surface area (TPSA) is 69.6 Å². The van der Waals surface area contributed by atoms with Crippen molar-refractivity contribution in [2.24, 2.45) is 0 Å². The van der Waals surface area contributed by atoms with Crippen LogP contribution in [0.3, 0.4) is 0 Å². The number of benzene rings is 3. The van der Waals surface area contributed by atoms with Crippen LogP contribution in [0.5, 0.6) is 0 Å². The van der Waals surface area contributed by atoms with Crippen molar-refractivity contribution in [3.63, 3.8) is 0 Å². The number of hydrogen-bond acceptors (Lipinski definition) is 4. The summed E-state index contributed by atoms with van der Waals surface area (Å²) in [4.78, 5) is 8.00. The summed E-state index contributed by atoms with van der Waals surface area (Å²) in [6.07, 6.45) is 1.88. The number of aliphatic hydroxyl groups is 2. The molecule has 0 aliphatic heterocycles. The standard InChI is InChI=1S/C23H25NO.CH4O.CH2O/c25-16-5-4-15-24-18-19-11-13-21(14-12-19)23-10-6-9-22(17-23)20-7-2-1-3-8-20;2*1-2/h1-3,6-14,17,24-25H,4-5,15-16,18H2;2H,1H3;1H2. The lowest BCUT2D eigenvalue weighted by molar-refractivity contribution is -0.0979. The maximum absolute atomic E-state index is 8.79. The number of rotatable bonds is 8. The first-order valence-corrected chi connectivity index (χ1v) is 9.67. The first-order chi connectivity index (χ1) is 14.4. The van der Waals surface area contributed by atoms with Crippen LogP contribution in [0.15, 0.2) is 78.9 Å². The monoisotopic (exact) mass is 393 g/mol. The quantitative estimate of drug-likeness (QED) is 0.499. The Hall–Kier alpha value is -2.79. The van der Waals surface area contributed by atoms with Crippen molar-refractivity contribution in [1.29, 1.82) is 0 Å². The summed E-state index contributed by atoms with van der Waals surface area (Å²) < 4.78 is 0. The van der Waals surface area contributed by atoms with Crippen molar-refractivity contribution < 1.29 is 15.0 Å². The van der Waals surface area contributed by atoms with Gasteiger partial charge in [0.15, 0.2) is 0 Å². The molecule has 4 nitrogen and oxygen atoms in total. The Labute approximate surface area is 173 Å². The van der Waals surface area contributed by atoms with Gasteiger partial charge in [-0.3, -0.25) is 0 Å². The summed E-state index contributed by atoms with van der Waals surface area (Å²) in [5.41, 5.74) is 6.25. The zero-order valence-electron chi connectivity index (χ0n) is 17.1. The molecule has 0 aromatic heterocycles. The molecule has 0 saturated carbocycles. The highest BCUT2D eigenvalue weighted by Crippen LogP contribution is 2.26. The Morgan fingerprint density at radius 2 is 1.28 bits per heavy atom. The largest absolute Gasteiger partial charge is 0.400 e. The van der Waals surface area contributed by atoms with Crippen LogP contribution >= 0.6 is 0 Å². The number of nitrogens with one attached hydrogen (secondary N) is 1. The second-order valence-corrected chi connectivity index (χ2v) is 6.25. The third-order valence-corrected chi connectivity index (χ3v) is 4.35. The van der Waals surface area contributed by atoms with Gasteiger partial charge in [0.05, 0.1) is 0 Å². The van der Waals surface area contributed by atoms with E-state index in [4.69, 9.17) is 15.0 Å². The Kier molecular flexibility index (Phi) is 12.7. The lowest BCUT2D eigenvalue weighted by Crippen LogP contribution is -2.14. The van der Waals surface area contributed by atoms with Crippen molar-refractivity contribution in [1.82, 2.24) is 5.32 Å². The Morgan fingerprint density at radius 1 is 0.724 bits per heavy atom. The van der Waals surface area contributed by atoms with Crippen LogP contribution in [0.1, 0.15) is 18.4 Å². The molecule has 0 amide bonds. The highest BCUT2D eigenvalue weighted by molar-refractivity contribution is 5.73. The molecule has 0 heterocycles. The van der Waals surface area contributed by atoms with Gasteiger partial charge in [-0.2, -0.15) is 0 Å². The molecule has 0 aliphatic rings. The molecule has 0 saturated heterocycles. The maximum Gasteiger partial charge on any atom is 0.106 e. The molecular weight excluding hydrogens is 362 g/mol. The molecule has 4 heteroatoms. The molecule has 0 atom stereocenters. The van der Waals surface area contributed by atoms with Crippen LogP contribution in [-0.2, 0) is 11.3 Å². The fourth-order valence-corrected chi connectivity index (χ4v) is 2.92. The maximum atomic E-state index is 8.79. The molecule has 29 heavy (non-hydrogen) atoms. The van der Waals surface area contributed by atoms with Gasteiger partial charge in [-0.15, -0.1) is 0 Å². The molecule has 0 unspecified atom stereocenters. The van der Waals surface area contributed by atoms with Crippen LogP contribution < -0.4 is 5.32 Å². The van der Waals surface area contributed by atoms with Gasteiger partial charge in [0.1, 0.15) is 6.79 Å². The van der Waals surface area contributed by atoms with Crippen molar-refractivity contribution in [3.05, 3.63) is 84.4 Å². The van der Waals surface area contributed by atoms with Gasteiger partial charge in [0.25, 0.3) is 0 Å². The summed E-state index contributed by atoms with van der Waals surface area (Å²) in [7, 11) is 1.00. The van der Waals surface area contributed by atoms with Crippen molar-refractivity contribution in [2.45, 2.75) is 19.4 Å². The van der Waals surface area contributed by atoms with E-state index in [1.165, 1.54) is 27.8 Å². The minimum Gasteiger partial charge on any atom is -0.400 e. The number of hydrogen-bond donors (Lipinski definition) is 3. The normalized spacial score (nSPS) is 9.62. The molecule has 0 radical (unpaired) electrons. The number of carbonyl (C=O) groups is 1. The first kappa shape index (κ1) is 24.2. The van der Waals surface area contributed by atoms with Crippen molar-refractivity contribution >= 4 is 6.79 Å². The highest BCUT2D eigenvalue weighted by Gasteiger charge is 2.02. The summed E-state index contributed by atoms with van der Waals surface area (Å²) in [6.45, 7) is 4.09. The predicted octanol–water partition coefficient (Wildman–Crippen LogP) is 4.31. The summed E-state index contributed by atoms with van der Waals surface area (Å²) >= 11 is 0. The smallest absolute Gasteiger partial charge is 0.106 e. The second kappa shape index (κ2) is 15.2. The van der Waals surface area contributed by atoms with E-state index >= 15 is 0 Å². The Bertz CT molecular complexity index is 789. The first-order valence-electron chi connectivity index (χ1n) is 9.67. The van der Waals surface area contributed by atoms with Crippen LogP contribution in [0.4, 0.5) is 0 Å². The molecule has 3 rings (SSSR count). The summed E-state index contributed by atoms with van der Waals surface area (Å²) in [6, 6.07) is 27.9. The van der Waals surface area contributed by atoms with E-state index in [1.54, 1.807) is 0 Å². The van der Waals surface area contributed by atoms with Crippen LogP contribution in [0.2, 0.25) is 0 Å². The third kappa shape index (κ3) is 8.40. The number of carbonyl (C=O) groups excluding carboxylic acids is 1.